The summed E-state index contributed by atoms with van der Waals surface area (Å²) < 4.78 is 52.3. The van der Waals surface area contributed by atoms with E-state index in [0.717, 1.165) is 15.8 Å². The third-order valence-corrected chi connectivity index (χ3v) is 4.37. The van der Waals surface area contributed by atoms with Crippen molar-refractivity contribution in [1.82, 2.24) is 4.98 Å². The number of hydrogen-bond donors (Lipinski definition) is 2. The normalized spacial score (nSPS) is 11.7. The first-order valence-corrected chi connectivity index (χ1v) is 7.81. The minimum absolute atomic E-state index is 0.106. The second kappa shape index (κ2) is 5.99. The van der Waals surface area contributed by atoms with Crippen LogP contribution in [0.25, 0.3) is 10.2 Å². The van der Waals surface area contributed by atoms with E-state index in [1.54, 1.807) is 6.92 Å². The van der Waals surface area contributed by atoms with E-state index in [9.17, 15) is 22.4 Å². The standard InChI is InChI=1S/C16H11F4N3OS/c1-7-22-13-6-12(21)9(5-14(13)25-7)15(24)23-8-2-3-11(17)10(4-8)16(18,19)20/h2-6H,21H2,1H3,(H,23,24). The molecule has 4 nitrogen and oxygen atoms in total. The van der Waals surface area contributed by atoms with Crippen LogP contribution in [0.15, 0.2) is 30.3 Å². The van der Waals surface area contributed by atoms with Gasteiger partial charge in [0, 0.05) is 11.4 Å². The number of fused-ring (bicyclic) bond motifs is 1. The van der Waals surface area contributed by atoms with E-state index in [1.807, 2.05) is 0 Å². The fourth-order valence-corrected chi connectivity index (χ4v) is 3.17. The van der Waals surface area contributed by atoms with Crippen LogP contribution in [0.2, 0.25) is 0 Å². The molecule has 0 saturated heterocycles. The summed E-state index contributed by atoms with van der Waals surface area (Å²) in [7, 11) is 0. The molecule has 1 heterocycles. The number of nitrogens with two attached hydrogens (primary N) is 1. The first-order valence-electron chi connectivity index (χ1n) is 7.00. The smallest absolute Gasteiger partial charge is 0.398 e. The Morgan fingerprint density at radius 3 is 2.64 bits per heavy atom. The summed E-state index contributed by atoms with van der Waals surface area (Å²) in [6, 6.07) is 5.29. The maximum atomic E-state index is 13.3. The van der Waals surface area contributed by atoms with Crippen LogP contribution in [0, 0.1) is 12.7 Å². The Balaban J connectivity index is 1.94. The average Bonchev–Trinajstić information content (AvgIpc) is 2.86. The number of thiazole rings is 1. The number of rotatable bonds is 2. The van der Waals surface area contributed by atoms with E-state index in [-0.39, 0.29) is 16.9 Å². The van der Waals surface area contributed by atoms with Gasteiger partial charge in [0.1, 0.15) is 5.82 Å². The maximum Gasteiger partial charge on any atom is 0.419 e. The van der Waals surface area contributed by atoms with Gasteiger partial charge in [0.05, 0.1) is 26.4 Å². The van der Waals surface area contributed by atoms with E-state index in [4.69, 9.17) is 5.73 Å². The molecule has 25 heavy (non-hydrogen) atoms. The van der Waals surface area contributed by atoms with Gasteiger partial charge in [0.25, 0.3) is 5.91 Å². The summed E-state index contributed by atoms with van der Waals surface area (Å²) >= 11 is 1.36. The van der Waals surface area contributed by atoms with E-state index in [1.165, 1.54) is 23.5 Å². The van der Waals surface area contributed by atoms with Gasteiger partial charge in [0.15, 0.2) is 0 Å². The molecule has 3 rings (SSSR count). The lowest BCUT2D eigenvalue weighted by Gasteiger charge is -2.12. The highest BCUT2D eigenvalue weighted by atomic mass is 32.1. The summed E-state index contributed by atoms with van der Waals surface area (Å²) in [5, 5.41) is 3.10. The van der Waals surface area contributed by atoms with Crippen LogP contribution in [0.3, 0.4) is 0 Å². The molecule has 9 heteroatoms. The number of aryl methyl sites for hydroxylation is 1. The Hall–Kier alpha value is -2.68. The highest BCUT2D eigenvalue weighted by Crippen LogP contribution is 2.33. The van der Waals surface area contributed by atoms with Crippen LogP contribution in [0.5, 0.6) is 0 Å². The second-order valence-corrected chi connectivity index (χ2v) is 6.52. The molecule has 130 valence electrons. The Labute approximate surface area is 143 Å². The van der Waals surface area contributed by atoms with Gasteiger partial charge in [-0.2, -0.15) is 13.2 Å². The number of carbonyl (C=O) groups excluding carboxylic acids is 1. The summed E-state index contributed by atoms with van der Waals surface area (Å²) in [5.41, 5.74) is 5.09. The number of benzene rings is 2. The molecule has 1 aromatic heterocycles. The number of amides is 1. The van der Waals surface area contributed by atoms with Crippen molar-refractivity contribution in [2.24, 2.45) is 0 Å². The number of nitrogen functional groups attached to an aromatic ring is 1. The Kier molecular flexibility index (Phi) is 4.11. The lowest BCUT2D eigenvalue weighted by atomic mass is 10.1. The molecule has 0 unspecified atom stereocenters. The quantitative estimate of drug-likeness (QED) is 0.513. The van der Waals surface area contributed by atoms with Gasteiger partial charge in [-0.15, -0.1) is 11.3 Å². The first kappa shape index (κ1) is 17.2. The number of nitrogens with zero attached hydrogens (tertiary/aromatic N) is 1. The first-order chi connectivity index (χ1) is 11.6. The van der Waals surface area contributed by atoms with Crippen LogP contribution in [-0.2, 0) is 6.18 Å². The minimum atomic E-state index is -4.86. The van der Waals surface area contributed by atoms with Gasteiger partial charge in [-0.3, -0.25) is 4.79 Å². The lowest BCUT2D eigenvalue weighted by molar-refractivity contribution is -0.139. The van der Waals surface area contributed by atoms with Crippen molar-refractivity contribution in [3.8, 4) is 0 Å². The molecule has 0 fully saturated rings. The molecular formula is C16H11F4N3OS. The molecule has 0 aliphatic rings. The van der Waals surface area contributed by atoms with Crippen molar-refractivity contribution in [2.75, 3.05) is 11.1 Å². The van der Waals surface area contributed by atoms with Crippen molar-refractivity contribution >= 4 is 38.8 Å². The zero-order valence-corrected chi connectivity index (χ0v) is 13.6. The number of halogens is 4. The highest BCUT2D eigenvalue weighted by molar-refractivity contribution is 7.18. The van der Waals surface area contributed by atoms with Crippen LogP contribution >= 0.6 is 11.3 Å². The molecular weight excluding hydrogens is 358 g/mol. The van der Waals surface area contributed by atoms with Crippen LogP contribution in [0.1, 0.15) is 20.9 Å². The molecule has 0 saturated carbocycles. The number of aromatic nitrogens is 1. The largest absolute Gasteiger partial charge is 0.419 e. The zero-order valence-electron chi connectivity index (χ0n) is 12.7. The molecule has 3 aromatic rings. The molecule has 1 amide bonds. The van der Waals surface area contributed by atoms with Crippen LogP contribution in [0.4, 0.5) is 28.9 Å². The van der Waals surface area contributed by atoms with Gasteiger partial charge < -0.3 is 11.1 Å². The molecule has 0 aliphatic carbocycles. The number of anilines is 2. The number of carbonyl (C=O) groups is 1. The highest BCUT2D eigenvalue weighted by Gasteiger charge is 2.34. The van der Waals surface area contributed by atoms with Crippen molar-refractivity contribution < 1.29 is 22.4 Å². The predicted molar refractivity (Wildman–Crippen MR) is 88.1 cm³/mol. The van der Waals surface area contributed by atoms with Gasteiger partial charge in [-0.05, 0) is 37.3 Å². The van der Waals surface area contributed by atoms with Gasteiger partial charge >= 0.3 is 6.18 Å². The Bertz CT molecular complexity index is 981. The number of nitrogens with one attached hydrogen (secondary N) is 1. The molecule has 0 spiro atoms. The number of alkyl halides is 3. The SMILES string of the molecule is Cc1nc2cc(N)c(C(=O)Nc3ccc(F)c(C(F)(F)F)c3)cc2s1. The molecule has 0 bridgehead atoms. The monoisotopic (exact) mass is 369 g/mol. The van der Waals surface area contributed by atoms with Crippen molar-refractivity contribution in [3.63, 3.8) is 0 Å². The van der Waals surface area contributed by atoms with Crippen molar-refractivity contribution in [2.45, 2.75) is 13.1 Å². The van der Waals surface area contributed by atoms with Crippen LogP contribution in [-0.4, -0.2) is 10.9 Å². The van der Waals surface area contributed by atoms with E-state index in [0.29, 0.717) is 17.6 Å². The van der Waals surface area contributed by atoms with E-state index in [2.05, 4.69) is 10.3 Å². The van der Waals surface area contributed by atoms with Crippen molar-refractivity contribution in [3.05, 3.63) is 52.3 Å². The third kappa shape index (κ3) is 3.41. The Morgan fingerprint density at radius 2 is 1.96 bits per heavy atom. The average molecular weight is 369 g/mol. The van der Waals surface area contributed by atoms with E-state index < -0.39 is 23.5 Å². The molecule has 3 N–H and O–H groups in total. The molecule has 2 aromatic carbocycles. The minimum Gasteiger partial charge on any atom is -0.398 e. The summed E-state index contributed by atoms with van der Waals surface area (Å²) in [5.74, 6) is -2.10. The fraction of sp³-hybridized carbons (Fsp3) is 0.125. The summed E-state index contributed by atoms with van der Waals surface area (Å²) in [6.07, 6.45) is -4.86. The predicted octanol–water partition coefficient (Wildman–Crippen LogP) is 4.60. The summed E-state index contributed by atoms with van der Waals surface area (Å²) in [4.78, 5) is 16.6. The van der Waals surface area contributed by atoms with Gasteiger partial charge in [-0.25, -0.2) is 9.37 Å². The fourth-order valence-electron chi connectivity index (χ4n) is 2.32. The summed E-state index contributed by atoms with van der Waals surface area (Å²) in [6.45, 7) is 1.80. The lowest BCUT2D eigenvalue weighted by Crippen LogP contribution is -2.15. The zero-order chi connectivity index (χ0) is 18.4. The molecule has 0 aliphatic heterocycles. The maximum absolute atomic E-state index is 13.3. The van der Waals surface area contributed by atoms with Gasteiger partial charge in [-0.1, -0.05) is 0 Å². The van der Waals surface area contributed by atoms with E-state index >= 15 is 0 Å². The second-order valence-electron chi connectivity index (χ2n) is 5.29. The third-order valence-electron chi connectivity index (χ3n) is 3.44. The number of hydrogen-bond acceptors (Lipinski definition) is 4. The topological polar surface area (TPSA) is 68.0 Å². The molecule has 0 atom stereocenters. The van der Waals surface area contributed by atoms with Crippen LogP contribution < -0.4 is 11.1 Å². The van der Waals surface area contributed by atoms with Crippen molar-refractivity contribution in [1.29, 1.82) is 0 Å². The molecule has 0 radical (unpaired) electrons. The Morgan fingerprint density at radius 1 is 1.24 bits per heavy atom. The van der Waals surface area contributed by atoms with Gasteiger partial charge in [0.2, 0.25) is 0 Å².